The van der Waals surface area contributed by atoms with Crippen LogP contribution in [0.3, 0.4) is 0 Å². The third kappa shape index (κ3) is 3.75. The van der Waals surface area contributed by atoms with Crippen LogP contribution in [0.2, 0.25) is 0 Å². The summed E-state index contributed by atoms with van der Waals surface area (Å²) < 4.78 is 10.3. The van der Waals surface area contributed by atoms with E-state index < -0.39 is 11.7 Å². The Kier molecular flexibility index (Phi) is 3.07. The molecule has 4 heteroatoms. The first-order chi connectivity index (χ1) is 7.94. The molecule has 1 amide bonds. The van der Waals surface area contributed by atoms with Crippen molar-refractivity contribution in [1.29, 1.82) is 0 Å². The molecule has 1 aromatic carbocycles. The summed E-state index contributed by atoms with van der Waals surface area (Å²) in [5.41, 5.74) is 1.38. The Morgan fingerprint density at radius 2 is 1.94 bits per heavy atom. The molecule has 17 heavy (non-hydrogen) atoms. The molecule has 1 saturated heterocycles. The molecule has 1 fully saturated rings. The van der Waals surface area contributed by atoms with E-state index in [1.54, 1.807) is 0 Å². The Hall–Kier alpha value is -1.55. The topological polar surface area (TPSA) is 50.9 Å². The Balaban J connectivity index is 1.92. The lowest BCUT2D eigenvalue weighted by molar-refractivity contribution is 0.0636. The minimum Gasteiger partial charge on any atom is -0.444 e. The van der Waals surface area contributed by atoms with E-state index in [2.05, 4.69) is 5.32 Å². The highest BCUT2D eigenvalue weighted by molar-refractivity contribution is 5.84. The van der Waals surface area contributed by atoms with Crippen molar-refractivity contribution >= 4 is 11.8 Å². The van der Waals surface area contributed by atoms with Crippen molar-refractivity contribution in [1.82, 2.24) is 0 Å². The molecule has 1 N–H and O–H groups in total. The summed E-state index contributed by atoms with van der Waals surface area (Å²) in [5, 5.41) is 2.68. The molecule has 1 heterocycles. The van der Waals surface area contributed by atoms with Gasteiger partial charge in [-0.15, -0.1) is 0 Å². The van der Waals surface area contributed by atoms with E-state index in [1.165, 1.54) is 0 Å². The fraction of sp³-hybridized carbons (Fsp3) is 0.462. The van der Waals surface area contributed by atoms with Gasteiger partial charge in [0.05, 0.1) is 6.61 Å². The highest BCUT2D eigenvalue weighted by Gasteiger charge is 2.24. The second-order valence-corrected chi connectivity index (χ2v) is 5.07. The molecule has 0 aliphatic carbocycles. The Bertz CT molecular complexity index is 402. The lowest BCUT2D eigenvalue weighted by Gasteiger charge is -2.19. The van der Waals surface area contributed by atoms with Crippen LogP contribution < -0.4 is 5.32 Å². The van der Waals surface area contributed by atoms with E-state index in [9.17, 15) is 4.79 Å². The number of rotatable bonds is 2. The van der Waals surface area contributed by atoms with Crippen molar-refractivity contribution in [2.75, 3.05) is 11.9 Å². The number of ether oxygens (including phenoxy) is 2. The molecule has 0 spiro atoms. The minimum absolute atomic E-state index is 0.241. The summed E-state index contributed by atoms with van der Waals surface area (Å²) in [6, 6.07) is 7.59. The number of epoxide rings is 1. The zero-order valence-corrected chi connectivity index (χ0v) is 10.3. The van der Waals surface area contributed by atoms with Crippen molar-refractivity contribution in [2.24, 2.45) is 0 Å². The summed E-state index contributed by atoms with van der Waals surface area (Å²) in [6.45, 7) is 6.29. The number of carbonyl (C=O) groups excluding carboxylic acids is 1. The van der Waals surface area contributed by atoms with Gasteiger partial charge in [-0.1, -0.05) is 12.1 Å². The zero-order valence-electron chi connectivity index (χ0n) is 10.3. The third-order valence-corrected chi connectivity index (χ3v) is 2.26. The molecule has 0 unspecified atom stereocenters. The molecular weight excluding hydrogens is 218 g/mol. The van der Waals surface area contributed by atoms with Gasteiger partial charge < -0.3 is 9.47 Å². The van der Waals surface area contributed by atoms with Gasteiger partial charge in [-0.3, -0.25) is 5.32 Å². The van der Waals surface area contributed by atoms with Crippen LogP contribution >= 0.6 is 0 Å². The van der Waals surface area contributed by atoms with Crippen molar-refractivity contribution in [3.8, 4) is 0 Å². The van der Waals surface area contributed by atoms with E-state index in [0.29, 0.717) is 0 Å². The number of anilines is 1. The molecule has 0 bridgehead atoms. The van der Waals surface area contributed by atoms with Gasteiger partial charge in [-0.25, -0.2) is 4.79 Å². The van der Waals surface area contributed by atoms with Crippen molar-refractivity contribution in [3.05, 3.63) is 29.8 Å². The lowest BCUT2D eigenvalue weighted by atomic mass is 10.1. The number of hydrogen-bond donors (Lipinski definition) is 1. The molecule has 1 aliphatic rings. The van der Waals surface area contributed by atoms with Gasteiger partial charge in [-0.05, 0) is 38.5 Å². The zero-order chi connectivity index (χ0) is 12.5. The quantitative estimate of drug-likeness (QED) is 0.801. The molecule has 1 aliphatic heterocycles. The molecule has 0 radical (unpaired) electrons. The number of nitrogens with one attached hydrogen (secondary N) is 1. The van der Waals surface area contributed by atoms with E-state index in [4.69, 9.17) is 9.47 Å². The van der Waals surface area contributed by atoms with Crippen LogP contribution in [-0.4, -0.2) is 18.3 Å². The van der Waals surface area contributed by atoms with Crippen molar-refractivity contribution in [3.63, 3.8) is 0 Å². The first kappa shape index (κ1) is 11.9. The molecule has 4 nitrogen and oxygen atoms in total. The standard InChI is InChI=1S/C13H17NO3/c1-13(2,3)17-12(15)14-10-6-4-9(5-7-10)11-8-16-11/h4-7,11H,8H2,1-3H3,(H,14,15)/t11-/m1/s1. The molecule has 1 aromatic rings. The van der Waals surface area contributed by atoms with Crippen LogP contribution in [0, 0.1) is 0 Å². The highest BCUT2D eigenvalue weighted by Crippen LogP contribution is 2.30. The van der Waals surface area contributed by atoms with Crippen molar-refractivity contribution < 1.29 is 14.3 Å². The van der Waals surface area contributed by atoms with Gasteiger partial charge in [-0.2, -0.15) is 0 Å². The van der Waals surface area contributed by atoms with E-state index in [1.807, 2.05) is 45.0 Å². The maximum Gasteiger partial charge on any atom is 0.412 e. The smallest absolute Gasteiger partial charge is 0.412 e. The maximum atomic E-state index is 11.5. The second kappa shape index (κ2) is 4.37. The fourth-order valence-electron chi connectivity index (χ4n) is 1.44. The summed E-state index contributed by atoms with van der Waals surface area (Å²) in [7, 11) is 0. The summed E-state index contributed by atoms with van der Waals surface area (Å²) in [5.74, 6) is 0. The van der Waals surface area contributed by atoms with Crippen LogP contribution in [-0.2, 0) is 9.47 Å². The largest absolute Gasteiger partial charge is 0.444 e. The first-order valence-corrected chi connectivity index (χ1v) is 5.66. The van der Waals surface area contributed by atoms with Crippen LogP contribution in [0.5, 0.6) is 0 Å². The first-order valence-electron chi connectivity index (χ1n) is 5.66. The Morgan fingerprint density at radius 1 is 1.35 bits per heavy atom. The second-order valence-electron chi connectivity index (χ2n) is 5.07. The number of benzene rings is 1. The van der Waals surface area contributed by atoms with Gasteiger partial charge in [0, 0.05) is 5.69 Å². The minimum atomic E-state index is -0.480. The third-order valence-electron chi connectivity index (χ3n) is 2.26. The monoisotopic (exact) mass is 235 g/mol. The van der Waals surface area contributed by atoms with Crippen LogP contribution in [0.15, 0.2) is 24.3 Å². The van der Waals surface area contributed by atoms with Gasteiger partial charge in [0.1, 0.15) is 11.7 Å². The van der Waals surface area contributed by atoms with E-state index in [-0.39, 0.29) is 6.10 Å². The number of hydrogen-bond acceptors (Lipinski definition) is 3. The lowest BCUT2D eigenvalue weighted by Crippen LogP contribution is -2.27. The molecule has 2 rings (SSSR count). The highest BCUT2D eigenvalue weighted by atomic mass is 16.6. The summed E-state index contributed by atoms with van der Waals surface area (Å²) in [4.78, 5) is 11.5. The van der Waals surface area contributed by atoms with Crippen LogP contribution in [0.1, 0.15) is 32.4 Å². The molecule has 0 saturated carbocycles. The van der Waals surface area contributed by atoms with E-state index in [0.717, 1.165) is 17.9 Å². The average Bonchev–Trinajstić information content (AvgIpc) is 2.99. The predicted molar refractivity (Wildman–Crippen MR) is 65.0 cm³/mol. The molecule has 0 aromatic heterocycles. The van der Waals surface area contributed by atoms with Gasteiger partial charge >= 0.3 is 6.09 Å². The van der Waals surface area contributed by atoms with Crippen molar-refractivity contribution in [2.45, 2.75) is 32.5 Å². The number of amides is 1. The van der Waals surface area contributed by atoms with Gasteiger partial charge in [0.25, 0.3) is 0 Å². The van der Waals surface area contributed by atoms with Gasteiger partial charge in [0.2, 0.25) is 0 Å². The SMILES string of the molecule is CC(C)(C)OC(=O)Nc1ccc([C@H]2CO2)cc1. The summed E-state index contributed by atoms with van der Waals surface area (Å²) >= 11 is 0. The fourth-order valence-corrected chi connectivity index (χ4v) is 1.44. The van der Waals surface area contributed by atoms with Gasteiger partial charge in [0.15, 0.2) is 0 Å². The normalized spacial score (nSPS) is 18.6. The Labute approximate surface area is 101 Å². The van der Waals surface area contributed by atoms with Crippen LogP contribution in [0.4, 0.5) is 10.5 Å². The van der Waals surface area contributed by atoms with Crippen LogP contribution in [0.25, 0.3) is 0 Å². The predicted octanol–water partition coefficient (Wildman–Crippen LogP) is 3.10. The molecule has 92 valence electrons. The maximum absolute atomic E-state index is 11.5. The molecular formula is C13H17NO3. The Morgan fingerprint density at radius 3 is 2.41 bits per heavy atom. The number of carbonyl (C=O) groups is 1. The molecule has 1 atom stereocenters. The summed E-state index contributed by atoms with van der Waals surface area (Å²) in [6.07, 6.45) is -0.196. The average molecular weight is 235 g/mol. The van der Waals surface area contributed by atoms with E-state index >= 15 is 0 Å².